The summed E-state index contributed by atoms with van der Waals surface area (Å²) in [7, 11) is 0. The first-order chi connectivity index (χ1) is 20.2. The normalized spacial score (nSPS) is 11.0. The fourth-order valence-corrected chi connectivity index (χ4v) is 4.79. The van der Waals surface area contributed by atoms with Gasteiger partial charge in [0.05, 0.1) is 26.9 Å². The van der Waals surface area contributed by atoms with Crippen molar-refractivity contribution in [3.8, 4) is 0 Å². The molecule has 4 aromatic rings. The number of nitro groups is 1. The Hall–Kier alpha value is -4.64. The van der Waals surface area contributed by atoms with E-state index in [4.69, 9.17) is 23.2 Å². The molecule has 0 radical (unpaired) electrons. The lowest BCUT2D eigenvalue weighted by Crippen LogP contribution is -2.30. The maximum Gasteiger partial charge on any atom is 0.276 e. The lowest BCUT2D eigenvalue weighted by atomic mass is 10.1. The number of thioether (sulfide) groups is 1. The van der Waals surface area contributed by atoms with Crippen LogP contribution in [0.3, 0.4) is 0 Å². The Kier molecular flexibility index (Phi) is 10.3. The Labute approximate surface area is 255 Å². The van der Waals surface area contributed by atoms with Gasteiger partial charge in [-0.05, 0) is 66.7 Å². The monoisotopic (exact) mass is 620 g/mol. The van der Waals surface area contributed by atoms with Crippen LogP contribution in [-0.4, -0.2) is 28.4 Å². The van der Waals surface area contributed by atoms with Gasteiger partial charge in [0.1, 0.15) is 5.70 Å². The van der Waals surface area contributed by atoms with Crippen molar-refractivity contribution in [2.75, 3.05) is 16.4 Å². The smallest absolute Gasteiger partial charge is 0.276 e. The quantitative estimate of drug-likeness (QED) is 0.0754. The van der Waals surface area contributed by atoms with Crippen molar-refractivity contribution >= 4 is 75.8 Å². The SMILES string of the molecule is O=C(CSc1ccc(NC(=O)/C(=C/c2ccccc2[N+](=O)[O-])NC(=O)c2ccccc2)cc1)Nc1ccc(Cl)cc1Cl. The number of para-hydroxylation sites is 1. The molecule has 0 bridgehead atoms. The average molecular weight is 622 g/mol. The molecule has 3 amide bonds. The second kappa shape index (κ2) is 14.3. The minimum atomic E-state index is -0.683. The molecule has 0 fully saturated rings. The fraction of sp³-hybridized carbons (Fsp3) is 0.0333. The molecule has 3 N–H and O–H groups in total. The highest BCUT2D eigenvalue weighted by molar-refractivity contribution is 8.00. The van der Waals surface area contributed by atoms with E-state index in [0.29, 0.717) is 27.0 Å². The second-order valence-corrected chi connectivity index (χ2v) is 10.5. The number of hydrogen-bond donors (Lipinski definition) is 3. The van der Waals surface area contributed by atoms with Gasteiger partial charge >= 0.3 is 0 Å². The van der Waals surface area contributed by atoms with Crippen molar-refractivity contribution in [2.45, 2.75) is 4.90 Å². The number of hydrogen-bond acceptors (Lipinski definition) is 6. The van der Waals surface area contributed by atoms with Crippen LogP contribution in [0.5, 0.6) is 0 Å². The number of nitrogens with one attached hydrogen (secondary N) is 3. The summed E-state index contributed by atoms with van der Waals surface area (Å²) in [6.07, 6.45) is 1.25. The van der Waals surface area contributed by atoms with Gasteiger partial charge < -0.3 is 16.0 Å². The molecule has 212 valence electrons. The number of rotatable bonds is 10. The van der Waals surface area contributed by atoms with Gasteiger partial charge in [-0.1, -0.05) is 53.5 Å². The van der Waals surface area contributed by atoms with E-state index in [1.807, 2.05) is 0 Å². The molecule has 12 heteroatoms. The fourth-order valence-electron chi connectivity index (χ4n) is 3.63. The largest absolute Gasteiger partial charge is 0.324 e. The summed E-state index contributed by atoms with van der Waals surface area (Å²) in [5.74, 6) is -1.39. The first-order valence-electron chi connectivity index (χ1n) is 12.3. The van der Waals surface area contributed by atoms with Crippen molar-refractivity contribution in [1.29, 1.82) is 0 Å². The molecule has 0 saturated carbocycles. The molecule has 42 heavy (non-hydrogen) atoms. The molecular weight excluding hydrogens is 599 g/mol. The zero-order valence-electron chi connectivity index (χ0n) is 21.7. The summed E-state index contributed by atoms with van der Waals surface area (Å²) in [5, 5.41) is 20.3. The number of nitro benzene ring substituents is 1. The first-order valence-corrected chi connectivity index (χ1v) is 14.0. The minimum Gasteiger partial charge on any atom is -0.324 e. The summed E-state index contributed by atoms with van der Waals surface area (Å²) < 4.78 is 0. The van der Waals surface area contributed by atoms with Crippen LogP contribution in [0.4, 0.5) is 17.1 Å². The average Bonchev–Trinajstić information content (AvgIpc) is 2.98. The Morgan fingerprint density at radius 2 is 1.55 bits per heavy atom. The highest BCUT2D eigenvalue weighted by Gasteiger charge is 2.18. The predicted octanol–water partition coefficient (Wildman–Crippen LogP) is 7.04. The molecular formula is C30H22Cl2N4O5S. The highest BCUT2D eigenvalue weighted by atomic mass is 35.5. The van der Waals surface area contributed by atoms with E-state index in [1.54, 1.807) is 72.8 Å². The van der Waals surface area contributed by atoms with Crippen LogP contribution in [0.25, 0.3) is 6.08 Å². The number of carbonyl (C=O) groups excluding carboxylic acids is 3. The Morgan fingerprint density at radius 3 is 2.24 bits per heavy atom. The van der Waals surface area contributed by atoms with Crippen molar-refractivity contribution in [2.24, 2.45) is 0 Å². The number of anilines is 2. The van der Waals surface area contributed by atoms with Gasteiger partial charge in [0, 0.05) is 27.2 Å². The molecule has 4 rings (SSSR count). The molecule has 0 aliphatic rings. The molecule has 0 aliphatic heterocycles. The minimum absolute atomic E-state index is 0.110. The van der Waals surface area contributed by atoms with Crippen LogP contribution in [-0.2, 0) is 9.59 Å². The van der Waals surface area contributed by atoms with Crippen LogP contribution in [0.15, 0.2) is 108 Å². The Balaban J connectivity index is 1.45. The summed E-state index contributed by atoms with van der Waals surface area (Å²) in [5.41, 5.74) is 0.904. The van der Waals surface area contributed by atoms with Gasteiger partial charge in [-0.25, -0.2) is 0 Å². The van der Waals surface area contributed by atoms with Crippen molar-refractivity contribution < 1.29 is 19.3 Å². The molecule has 0 aliphatic carbocycles. The summed E-state index contributed by atoms with van der Waals surface area (Å²) in [4.78, 5) is 50.1. The predicted molar refractivity (Wildman–Crippen MR) is 166 cm³/mol. The van der Waals surface area contributed by atoms with Crippen LogP contribution in [0, 0.1) is 10.1 Å². The molecule has 0 heterocycles. The summed E-state index contributed by atoms with van der Waals surface area (Å²) >= 11 is 13.3. The summed E-state index contributed by atoms with van der Waals surface area (Å²) in [6.45, 7) is 0. The van der Waals surface area contributed by atoms with E-state index >= 15 is 0 Å². The van der Waals surface area contributed by atoms with E-state index in [9.17, 15) is 24.5 Å². The van der Waals surface area contributed by atoms with Crippen LogP contribution in [0.2, 0.25) is 10.0 Å². The van der Waals surface area contributed by atoms with Crippen molar-refractivity contribution in [1.82, 2.24) is 5.32 Å². The lowest BCUT2D eigenvalue weighted by Gasteiger charge is -2.12. The molecule has 0 saturated heterocycles. The zero-order valence-corrected chi connectivity index (χ0v) is 24.0. The van der Waals surface area contributed by atoms with Crippen molar-refractivity contribution in [3.05, 3.63) is 134 Å². The van der Waals surface area contributed by atoms with E-state index in [1.165, 1.54) is 42.1 Å². The number of amides is 3. The van der Waals surface area contributed by atoms with E-state index in [-0.39, 0.29) is 28.6 Å². The highest BCUT2D eigenvalue weighted by Crippen LogP contribution is 2.27. The topological polar surface area (TPSA) is 130 Å². The van der Waals surface area contributed by atoms with Gasteiger partial charge in [0.2, 0.25) is 5.91 Å². The Morgan fingerprint density at radius 1 is 0.857 bits per heavy atom. The third-order valence-corrected chi connectivity index (χ3v) is 7.21. The van der Waals surface area contributed by atoms with Gasteiger partial charge in [-0.2, -0.15) is 0 Å². The number of benzene rings is 4. The van der Waals surface area contributed by atoms with E-state index in [0.717, 1.165) is 4.90 Å². The molecule has 0 atom stereocenters. The Bertz CT molecular complexity index is 1660. The van der Waals surface area contributed by atoms with Gasteiger partial charge in [0.25, 0.3) is 17.5 Å². The maximum absolute atomic E-state index is 13.2. The molecule has 0 aromatic heterocycles. The van der Waals surface area contributed by atoms with Crippen LogP contribution >= 0.6 is 35.0 Å². The van der Waals surface area contributed by atoms with Crippen molar-refractivity contribution in [3.63, 3.8) is 0 Å². The van der Waals surface area contributed by atoms with E-state index in [2.05, 4.69) is 16.0 Å². The molecule has 4 aromatic carbocycles. The molecule has 0 spiro atoms. The second-order valence-electron chi connectivity index (χ2n) is 8.63. The number of carbonyl (C=O) groups is 3. The van der Waals surface area contributed by atoms with Gasteiger partial charge in [-0.15, -0.1) is 11.8 Å². The third kappa shape index (κ3) is 8.43. The van der Waals surface area contributed by atoms with Gasteiger partial charge in [-0.3, -0.25) is 24.5 Å². The molecule has 9 nitrogen and oxygen atoms in total. The standard InChI is InChI=1S/C30H22Cl2N4O5S/c31-21-10-15-25(24(32)17-21)34-28(37)18-42-23-13-11-22(12-14-23)33-30(39)26(35-29(38)19-6-2-1-3-7-19)16-20-8-4-5-9-27(20)36(40)41/h1-17H,18H2,(H,33,39)(H,34,37)(H,35,38)/b26-16-. The van der Waals surface area contributed by atoms with E-state index < -0.39 is 16.7 Å². The maximum atomic E-state index is 13.2. The van der Waals surface area contributed by atoms with Crippen LogP contribution in [0.1, 0.15) is 15.9 Å². The lowest BCUT2D eigenvalue weighted by molar-refractivity contribution is -0.385. The zero-order chi connectivity index (χ0) is 30.1. The van der Waals surface area contributed by atoms with Crippen LogP contribution < -0.4 is 16.0 Å². The first kappa shape index (κ1) is 30.3. The number of halogens is 2. The third-order valence-electron chi connectivity index (χ3n) is 5.65. The molecule has 0 unspecified atom stereocenters. The number of nitrogens with zero attached hydrogens (tertiary/aromatic N) is 1. The van der Waals surface area contributed by atoms with Gasteiger partial charge in [0.15, 0.2) is 0 Å². The summed E-state index contributed by atoms with van der Waals surface area (Å²) in [6, 6.07) is 25.6.